The highest BCUT2D eigenvalue weighted by molar-refractivity contribution is 6.00. The third kappa shape index (κ3) is 4.51. The molecule has 5 N–H and O–H groups in total. The van der Waals surface area contributed by atoms with E-state index in [0.29, 0.717) is 19.3 Å². The normalized spacial score (nSPS) is 45.6. The van der Waals surface area contributed by atoms with E-state index in [9.17, 15) is 34.8 Å². The van der Waals surface area contributed by atoms with E-state index in [0.717, 1.165) is 32.1 Å². The lowest BCUT2D eigenvalue weighted by atomic mass is 9.43. The second-order valence-electron chi connectivity index (χ2n) is 13.0. The maximum absolute atomic E-state index is 12.5. The summed E-state index contributed by atoms with van der Waals surface area (Å²) in [5.41, 5.74) is -0.382. The number of hydrogen-bond donors (Lipinski definition) is 5. The average molecular weight is 509 g/mol. The van der Waals surface area contributed by atoms with E-state index in [-0.39, 0.29) is 53.4 Å². The minimum absolute atomic E-state index is 0.00944. The first-order chi connectivity index (χ1) is 16.8. The summed E-state index contributed by atoms with van der Waals surface area (Å²) in [6, 6.07) is 0. The molecule has 0 heterocycles. The average Bonchev–Trinajstić information content (AvgIpc) is 3.15. The maximum Gasteiger partial charge on any atom is 0.314 e. The summed E-state index contributed by atoms with van der Waals surface area (Å²) in [5, 5.41) is 51.5. The summed E-state index contributed by atoms with van der Waals surface area (Å²) in [6.07, 6.45) is 4.04. The Morgan fingerprint density at radius 3 is 2.28 bits per heavy atom. The molecule has 0 aromatic heterocycles. The Kier molecular flexibility index (Phi) is 7.64. The number of carbonyl (C=O) groups excluding carboxylic acids is 1. The molecule has 0 saturated heterocycles. The van der Waals surface area contributed by atoms with Crippen molar-refractivity contribution in [2.75, 3.05) is 0 Å². The summed E-state index contributed by atoms with van der Waals surface area (Å²) in [5.74, 6) is -3.81. The Bertz CT molecular complexity index is 874. The van der Waals surface area contributed by atoms with Crippen molar-refractivity contribution in [3.05, 3.63) is 0 Å². The quantitative estimate of drug-likeness (QED) is 0.314. The van der Waals surface area contributed by atoms with Gasteiger partial charge in [-0.15, -0.1) is 0 Å². The smallest absolute Gasteiger partial charge is 0.314 e. The predicted molar refractivity (Wildman–Crippen MR) is 131 cm³/mol. The van der Waals surface area contributed by atoms with E-state index in [1.54, 1.807) is 0 Å². The largest absolute Gasteiger partial charge is 0.481 e. The molecule has 8 heteroatoms. The van der Waals surface area contributed by atoms with Crippen molar-refractivity contribution < 1.29 is 39.9 Å². The standard InChI is InChI=1S/C28H44O8/c1-14(4-7-21(30)17(26(35)36)12-24(33)34)18-5-6-19-25-20(13-23(32)28(18,19)3)27(2)9-8-16(29)10-15(27)11-22(25)31/h14-20,22-23,25,29,31-32H,4-13H2,1-3H3,(H,33,34)(H,35,36). The van der Waals surface area contributed by atoms with Crippen LogP contribution in [0.25, 0.3) is 0 Å². The van der Waals surface area contributed by atoms with Gasteiger partial charge in [0.25, 0.3) is 0 Å². The van der Waals surface area contributed by atoms with Crippen LogP contribution in [0.4, 0.5) is 0 Å². The van der Waals surface area contributed by atoms with Crippen LogP contribution in [-0.4, -0.2) is 61.6 Å². The molecule has 0 amide bonds. The van der Waals surface area contributed by atoms with E-state index in [4.69, 9.17) is 5.11 Å². The van der Waals surface area contributed by atoms with Crippen LogP contribution in [0.15, 0.2) is 0 Å². The number of ketones is 1. The Labute approximate surface area is 213 Å². The summed E-state index contributed by atoms with van der Waals surface area (Å²) in [7, 11) is 0. The van der Waals surface area contributed by atoms with Crippen molar-refractivity contribution in [3.8, 4) is 0 Å². The molecule has 4 rings (SSSR count). The lowest BCUT2D eigenvalue weighted by Crippen LogP contribution is -2.62. The van der Waals surface area contributed by atoms with Gasteiger partial charge in [0.15, 0.2) is 0 Å². The summed E-state index contributed by atoms with van der Waals surface area (Å²) in [4.78, 5) is 35.0. The van der Waals surface area contributed by atoms with Gasteiger partial charge < -0.3 is 25.5 Å². The van der Waals surface area contributed by atoms with Crippen LogP contribution in [0.3, 0.4) is 0 Å². The molecule has 0 aromatic rings. The molecule has 0 radical (unpaired) electrons. The molecule has 8 nitrogen and oxygen atoms in total. The molecule has 0 spiro atoms. The lowest BCUT2D eigenvalue weighted by Gasteiger charge is -2.63. The molecule has 36 heavy (non-hydrogen) atoms. The highest BCUT2D eigenvalue weighted by Crippen LogP contribution is 2.68. The fourth-order valence-corrected chi connectivity index (χ4v) is 9.39. The van der Waals surface area contributed by atoms with Crippen LogP contribution in [0, 0.1) is 52.3 Å². The number of carboxylic acid groups (broad SMARTS) is 2. The van der Waals surface area contributed by atoms with Crippen molar-refractivity contribution in [2.45, 2.75) is 103 Å². The highest BCUT2D eigenvalue weighted by atomic mass is 16.4. The van der Waals surface area contributed by atoms with Crippen LogP contribution in [0.1, 0.15) is 85.0 Å². The predicted octanol–water partition coefficient (Wildman–Crippen LogP) is 3.11. The Morgan fingerprint density at radius 2 is 1.64 bits per heavy atom. The minimum Gasteiger partial charge on any atom is -0.481 e. The molecule has 4 aliphatic carbocycles. The molecular formula is C28H44O8. The Hall–Kier alpha value is -1.51. The minimum atomic E-state index is -1.53. The SMILES string of the molecule is CC(CCC(=O)C(CC(=O)O)C(=O)O)C1CCC2C3C(O)CC4CC(O)CCC4(C)C3CC(O)C12C. The number of carboxylic acids is 2. The summed E-state index contributed by atoms with van der Waals surface area (Å²) in [6.45, 7) is 6.50. The number of rotatable bonds is 8. The fourth-order valence-electron chi connectivity index (χ4n) is 9.39. The number of carbonyl (C=O) groups is 3. The van der Waals surface area contributed by atoms with Gasteiger partial charge in [0.2, 0.25) is 0 Å². The van der Waals surface area contributed by atoms with Crippen LogP contribution < -0.4 is 0 Å². The molecule has 4 fully saturated rings. The fraction of sp³-hybridized carbons (Fsp3) is 0.893. The van der Waals surface area contributed by atoms with E-state index < -0.39 is 47.7 Å². The monoisotopic (exact) mass is 508 g/mol. The zero-order chi connectivity index (χ0) is 26.6. The van der Waals surface area contributed by atoms with Gasteiger partial charge in [-0.25, -0.2) is 0 Å². The summed E-state index contributed by atoms with van der Waals surface area (Å²) >= 11 is 0. The molecule has 204 valence electrons. The molecule has 0 aliphatic heterocycles. The second-order valence-corrected chi connectivity index (χ2v) is 13.0. The van der Waals surface area contributed by atoms with Crippen molar-refractivity contribution in [1.82, 2.24) is 0 Å². The summed E-state index contributed by atoms with van der Waals surface area (Å²) < 4.78 is 0. The number of aliphatic hydroxyl groups excluding tert-OH is 3. The molecule has 4 saturated carbocycles. The first-order valence-electron chi connectivity index (χ1n) is 13.8. The number of aliphatic hydroxyl groups is 3. The zero-order valence-corrected chi connectivity index (χ0v) is 21.8. The van der Waals surface area contributed by atoms with E-state index >= 15 is 0 Å². The van der Waals surface area contributed by atoms with Crippen molar-refractivity contribution >= 4 is 17.7 Å². The molecule has 4 aliphatic rings. The Balaban J connectivity index is 1.49. The van der Waals surface area contributed by atoms with Gasteiger partial charge in [-0.05, 0) is 97.7 Å². The van der Waals surface area contributed by atoms with Crippen molar-refractivity contribution in [2.24, 2.45) is 52.3 Å². The van der Waals surface area contributed by atoms with Crippen LogP contribution in [-0.2, 0) is 14.4 Å². The molecule has 0 aromatic carbocycles. The topological polar surface area (TPSA) is 152 Å². The molecule has 0 bridgehead atoms. The van der Waals surface area contributed by atoms with Crippen LogP contribution in [0.2, 0.25) is 0 Å². The third-order valence-corrected chi connectivity index (χ3v) is 11.4. The van der Waals surface area contributed by atoms with E-state index in [1.807, 2.05) is 0 Å². The second kappa shape index (κ2) is 9.99. The Morgan fingerprint density at radius 1 is 0.944 bits per heavy atom. The van der Waals surface area contributed by atoms with Crippen molar-refractivity contribution in [3.63, 3.8) is 0 Å². The van der Waals surface area contributed by atoms with Crippen LogP contribution in [0.5, 0.6) is 0 Å². The third-order valence-electron chi connectivity index (χ3n) is 11.4. The van der Waals surface area contributed by atoms with Gasteiger partial charge in [-0.1, -0.05) is 20.8 Å². The highest BCUT2D eigenvalue weighted by Gasteiger charge is 2.65. The van der Waals surface area contributed by atoms with Gasteiger partial charge in [-0.2, -0.15) is 0 Å². The van der Waals surface area contributed by atoms with Crippen molar-refractivity contribution in [1.29, 1.82) is 0 Å². The van der Waals surface area contributed by atoms with Gasteiger partial charge in [0.05, 0.1) is 24.7 Å². The van der Waals surface area contributed by atoms with Crippen LogP contribution >= 0.6 is 0 Å². The first-order valence-corrected chi connectivity index (χ1v) is 13.8. The number of fused-ring (bicyclic) bond motifs is 5. The number of Topliss-reactive ketones (excluding diaryl/α,β-unsaturated/α-hetero) is 1. The van der Waals surface area contributed by atoms with Gasteiger partial charge >= 0.3 is 11.9 Å². The number of hydrogen-bond acceptors (Lipinski definition) is 6. The van der Waals surface area contributed by atoms with Gasteiger partial charge in [0, 0.05) is 6.42 Å². The number of aliphatic carboxylic acids is 2. The molecular weight excluding hydrogens is 464 g/mol. The molecule has 12 unspecified atom stereocenters. The van der Waals surface area contributed by atoms with Gasteiger partial charge in [-0.3, -0.25) is 14.4 Å². The zero-order valence-electron chi connectivity index (χ0n) is 21.8. The van der Waals surface area contributed by atoms with E-state index in [2.05, 4.69) is 20.8 Å². The lowest BCUT2D eigenvalue weighted by molar-refractivity contribution is -0.207. The maximum atomic E-state index is 12.5. The first kappa shape index (κ1) is 27.5. The van der Waals surface area contributed by atoms with E-state index in [1.165, 1.54) is 0 Å². The van der Waals surface area contributed by atoms with Gasteiger partial charge in [0.1, 0.15) is 11.7 Å². The molecule has 12 atom stereocenters.